The SMILES string of the molecule is CC[C@H](C(=O)NCc1ccco1)n1c(=O)n(-c2cccc(OC)c2)c(=O)c2ccc(Cl)cc21. The van der Waals surface area contributed by atoms with Crippen molar-refractivity contribution < 1.29 is 13.9 Å². The number of methoxy groups -OCH3 is 1. The second-order valence-electron chi connectivity index (χ2n) is 7.38. The molecule has 0 saturated heterocycles. The van der Waals surface area contributed by atoms with Gasteiger partial charge in [-0.15, -0.1) is 0 Å². The molecular formula is C24H22ClN3O5. The van der Waals surface area contributed by atoms with E-state index in [2.05, 4.69) is 5.32 Å². The number of nitrogens with one attached hydrogen (secondary N) is 1. The highest BCUT2D eigenvalue weighted by molar-refractivity contribution is 6.31. The first-order chi connectivity index (χ1) is 15.9. The maximum Gasteiger partial charge on any atom is 0.336 e. The predicted octanol–water partition coefficient (Wildman–Crippen LogP) is 3.67. The Morgan fingerprint density at radius 3 is 2.67 bits per heavy atom. The van der Waals surface area contributed by atoms with Gasteiger partial charge in [0.05, 0.1) is 36.5 Å². The molecule has 4 rings (SSSR count). The average molecular weight is 468 g/mol. The fourth-order valence-corrected chi connectivity index (χ4v) is 3.94. The Bertz CT molecular complexity index is 1420. The molecule has 0 aliphatic rings. The van der Waals surface area contributed by atoms with Gasteiger partial charge in [0.15, 0.2) is 0 Å². The van der Waals surface area contributed by atoms with Crippen LogP contribution in [0.15, 0.2) is 74.9 Å². The molecule has 8 nitrogen and oxygen atoms in total. The number of ether oxygens (including phenoxy) is 1. The smallest absolute Gasteiger partial charge is 0.336 e. The molecular weight excluding hydrogens is 446 g/mol. The Morgan fingerprint density at radius 2 is 1.97 bits per heavy atom. The highest BCUT2D eigenvalue weighted by Gasteiger charge is 2.25. The van der Waals surface area contributed by atoms with E-state index in [1.807, 2.05) is 0 Å². The van der Waals surface area contributed by atoms with E-state index in [1.54, 1.807) is 55.5 Å². The van der Waals surface area contributed by atoms with Crippen LogP contribution in [0.25, 0.3) is 16.6 Å². The lowest BCUT2D eigenvalue weighted by molar-refractivity contribution is -0.124. The van der Waals surface area contributed by atoms with Crippen LogP contribution in [0.5, 0.6) is 5.75 Å². The van der Waals surface area contributed by atoms with Gasteiger partial charge >= 0.3 is 5.69 Å². The van der Waals surface area contributed by atoms with Gasteiger partial charge < -0.3 is 14.5 Å². The molecule has 0 unspecified atom stereocenters. The maximum absolute atomic E-state index is 13.7. The van der Waals surface area contributed by atoms with E-state index in [-0.39, 0.29) is 23.4 Å². The summed E-state index contributed by atoms with van der Waals surface area (Å²) in [6.45, 7) is 1.96. The molecule has 33 heavy (non-hydrogen) atoms. The first-order valence-corrected chi connectivity index (χ1v) is 10.7. The molecule has 0 aliphatic heterocycles. The standard InChI is InChI=1S/C24H22ClN3O5/c1-3-20(22(29)26-14-18-8-5-11-33-18)28-21-12-15(25)9-10-19(21)23(30)27(24(28)31)16-6-4-7-17(13-16)32-2/h4-13,20H,3,14H2,1-2H3,(H,26,29)/t20-/m1/s1. The van der Waals surface area contributed by atoms with Crippen molar-refractivity contribution in [3.63, 3.8) is 0 Å². The quantitative estimate of drug-likeness (QED) is 0.447. The lowest BCUT2D eigenvalue weighted by Gasteiger charge is -2.21. The maximum atomic E-state index is 13.7. The summed E-state index contributed by atoms with van der Waals surface area (Å²) in [6, 6.07) is 13.9. The lowest BCUT2D eigenvalue weighted by Crippen LogP contribution is -2.44. The van der Waals surface area contributed by atoms with Gasteiger partial charge in [-0.1, -0.05) is 24.6 Å². The Kier molecular flexibility index (Phi) is 6.37. The Morgan fingerprint density at radius 1 is 1.15 bits per heavy atom. The number of rotatable bonds is 7. The zero-order chi connectivity index (χ0) is 23.5. The summed E-state index contributed by atoms with van der Waals surface area (Å²) in [5.41, 5.74) is -0.539. The molecule has 2 aromatic heterocycles. The molecule has 1 N–H and O–H groups in total. The van der Waals surface area contributed by atoms with Gasteiger partial charge in [0.1, 0.15) is 17.6 Å². The minimum atomic E-state index is -0.883. The molecule has 1 atom stereocenters. The third-order valence-corrected chi connectivity index (χ3v) is 5.61. The van der Waals surface area contributed by atoms with Crippen LogP contribution in [0, 0.1) is 0 Å². The fraction of sp³-hybridized carbons (Fsp3) is 0.208. The lowest BCUT2D eigenvalue weighted by atomic mass is 10.1. The monoisotopic (exact) mass is 467 g/mol. The molecule has 170 valence electrons. The zero-order valence-corrected chi connectivity index (χ0v) is 18.8. The number of fused-ring (bicyclic) bond motifs is 1. The van der Waals surface area contributed by atoms with Crippen LogP contribution in [-0.2, 0) is 11.3 Å². The minimum absolute atomic E-state index is 0.172. The van der Waals surface area contributed by atoms with E-state index in [1.165, 1.54) is 24.0 Å². The van der Waals surface area contributed by atoms with Crippen LogP contribution in [0.1, 0.15) is 25.1 Å². The van der Waals surface area contributed by atoms with E-state index < -0.39 is 17.3 Å². The van der Waals surface area contributed by atoms with E-state index in [4.69, 9.17) is 20.8 Å². The predicted molar refractivity (Wildman–Crippen MR) is 125 cm³/mol. The van der Waals surface area contributed by atoms with Gasteiger partial charge in [-0.05, 0) is 48.9 Å². The van der Waals surface area contributed by atoms with Crippen LogP contribution in [0.4, 0.5) is 0 Å². The summed E-state index contributed by atoms with van der Waals surface area (Å²) in [5.74, 6) is 0.692. The summed E-state index contributed by atoms with van der Waals surface area (Å²) in [6.07, 6.45) is 1.82. The van der Waals surface area contributed by atoms with Gasteiger partial charge in [0.2, 0.25) is 5.91 Å². The number of furan rings is 1. The highest BCUT2D eigenvalue weighted by atomic mass is 35.5. The zero-order valence-electron chi connectivity index (χ0n) is 18.1. The van der Waals surface area contributed by atoms with Crippen molar-refractivity contribution in [2.45, 2.75) is 25.9 Å². The molecule has 0 saturated carbocycles. The van der Waals surface area contributed by atoms with Crippen LogP contribution >= 0.6 is 11.6 Å². The third-order valence-electron chi connectivity index (χ3n) is 5.38. The molecule has 0 radical (unpaired) electrons. The molecule has 2 aromatic carbocycles. The average Bonchev–Trinajstić information content (AvgIpc) is 3.34. The molecule has 4 aromatic rings. The largest absolute Gasteiger partial charge is 0.497 e. The number of benzene rings is 2. The number of nitrogens with zero attached hydrogens (tertiary/aromatic N) is 2. The molecule has 0 fully saturated rings. The summed E-state index contributed by atoms with van der Waals surface area (Å²) >= 11 is 6.19. The number of aromatic nitrogens is 2. The molecule has 1 amide bonds. The van der Waals surface area contributed by atoms with Crippen molar-refractivity contribution in [2.24, 2.45) is 0 Å². The molecule has 0 bridgehead atoms. The third kappa shape index (κ3) is 4.29. The van der Waals surface area contributed by atoms with Gasteiger partial charge in [0.25, 0.3) is 5.56 Å². The van der Waals surface area contributed by atoms with Crippen LogP contribution in [0.2, 0.25) is 5.02 Å². The highest BCUT2D eigenvalue weighted by Crippen LogP contribution is 2.22. The second-order valence-corrected chi connectivity index (χ2v) is 7.81. The van der Waals surface area contributed by atoms with Crippen molar-refractivity contribution in [2.75, 3.05) is 7.11 Å². The summed E-state index contributed by atoms with van der Waals surface area (Å²) in [5, 5.41) is 3.41. The van der Waals surface area contributed by atoms with Crippen LogP contribution in [0.3, 0.4) is 0 Å². The van der Waals surface area contributed by atoms with E-state index >= 15 is 0 Å². The van der Waals surface area contributed by atoms with Crippen molar-refractivity contribution in [3.8, 4) is 11.4 Å². The first-order valence-electron chi connectivity index (χ1n) is 10.4. The van der Waals surface area contributed by atoms with Crippen LogP contribution in [-0.4, -0.2) is 22.2 Å². The molecule has 2 heterocycles. The molecule has 0 aliphatic carbocycles. The summed E-state index contributed by atoms with van der Waals surface area (Å²) in [7, 11) is 1.50. The van der Waals surface area contributed by atoms with E-state index in [0.29, 0.717) is 28.6 Å². The minimum Gasteiger partial charge on any atom is -0.497 e. The summed E-state index contributed by atoms with van der Waals surface area (Å²) < 4.78 is 12.9. The number of halogens is 1. The van der Waals surface area contributed by atoms with Crippen molar-refractivity contribution in [1.82, 2.24) is 14.5 Å². The van der Waals surface area contributed by atoms with E-state index in [0.717, 1.165) is 4.57 Å². The second kappa shape index (κ2) is 9.38. The Labute approximate surface area is 194 Å². The van der Waals surface area contributed by atoms with Crippen LogP contribution < -0.4 is 21.3 Å². The van der Waals surface area contributed by atoms with Gasteiger partial charge in [-0.25, -0.2) is 9.36 Å². The summed E-state index contributed by atoms with van der Waals surface area (Å²) in [4.78, 5) is 40.2. The van der Waals surface area contributed by atoms with Gasteiger partial charge in [-0.3, -0.25) is 14.2 Å². The van der Waals surface area contributed by atoms with Gasteiger partial charge in [-0.2, -0.15) is 0 Å². The Balaban J connectivity index is 1.92. The Hall–Kier alpha value is -3.78. The number of carbonyl (C=O) groups excluding carboxylic acids is 1. The van der Waals surface area contributed by atoms with Crippen molar-refractivity contribution in [1.29, 1.82) is 0 Å². The number of amides is 1. The molecule has 9 heteroatoms. The normalized spacial score (nSPS) is 12.0. The van der Waals surface area contributed by atoms with Crippen molar-refractivity contribution >= 4 is 28.4 Å². The fourth-order valence-electron chi connectivity index (χ4n) is 3.77. The van der Waals surface area contributed by atoms with E-state index in [9.17, 15) is 14.4 Å². The van der Waals surface area contributed by atoms with Gasteiger partial charge in [0, 0.05) is 11.1 Å². The first kappa shape index (κ1) is 22.4. The topological polar surface area (TPSA) is 95.5 Å². The number of hydrogen-bond acceptors (Lipinski definition) is 5. The molecule has 0 spiro atoms. The number of hydrogen-bond donors (Lipinski definition) is 1. The number of carbonyl (C=O) groups is 1. The van der Waals surface area contributed by atoms with Crippen molar-refractivity contribution in [3.05, 3.63) is 92.5 Å².